The van der Waals surface area contributed by atoms with E-state index in [9.17, 15) is 9.59 Å². The SMILES string of the molecule is CC(C)NC(=O)C[NH+](C)CC(=O)Nc1ccc(OCc2ccccc2)cc1. The molecule has 0 aromatic heterocycles. The van der Waals surface area contributed by atoms with E-state index >= 15 is 0 Å². The molecule has 0 radical (unpaired) electrons. The van der Waals surface area contributed by atoms with Crippen LogP contribution in [0.4, 0.5) is 5.69 Å². The maximum absolute atomic E-state index is 12.1. The van der Waals surface area contributed by atoms with Crippen LogP contribution < -0.4 is 20.3 Å². The Hall–Kier alpha value is -2.86. The first kappa shape index (κ1) is 20.5. The molecule has 3 N–H and O–H groups in total. The predicted octanol–water partition coefficient (Wildman–Crippen LogP) is 1.24. The maximum atomic E-state index is 12.1. The Labute approximate surface area is 160 Å². The lowest BCUT2D eigenvalue weighted by Gasteiger charge is -2.15. The van der Waals surface area contributed by atoms with Crippen molar-refractivity contribution in [2.75, 3.05) is 25.5 Å². The summed E-state index contributed by atoms with van der Waals surface area (Å²) in [7, 11) is 1.82. The van der Waals surface area contributed by atoms with Gasteiger partial charge in [0.2, 0.25) is 0 Å². The van der Waals surface area contributed by atoms with Crippen molar-refractivity contribution in [2.45, 2.75) is 26.5 Å². The minimum atomic E-state index is -0.136. The van der Waals surface area contributed by atoms with Gasteiger partial charge in [0.25, 0.3) is 11.8 Å². The Bertz CT molecular complexity index is 730. The van der Waals surface area contributed by atoms with Crippen molar-refractivity contribution in [3.05, 3.63) is 60.2 Å². The van der Waals surface area contributed by atoms with Gasteiger partial charge in [0.15, 0.2) is 13.1 Å². The molecule has 2 aromatic rings. The largest absolute Gasteiger partial charge is 0.489 e. The van der Waals surface area contributed by atoms with Crippen LogP contribution in [0.1, 0.15) is 19.4 Å². The summed E-state index contributed by atoms with van der Waals surface area (Å²) in [6.07, 6.45) is 0. The van der Waals surface area contributed by atoms with Gasteiger partial charge in [0, 0.05) is 11.7 Å². The minimum Gasteiger partial charge on any atom is -0.489 e. The summed E-state index contributed by atoms with van der Waals surface area (Å²) < 4.78 is 5.73. The van der Waals surface area contributed by atoms with Gasteiger partial charge in [-0.05, 0) is 43.7 Å². The standard InChI is InChI=1S/C21H27N3O3/c1-16(2)22-20(25)13-24(3)14-21(26)23-18-9-11-19(12-10-18)27-15-17-7-5-4-6-8-17/h4-12,16H,13-15H2,1-3H3,(H,22,25)(H,23,26)/p+1. The van der Waals surface area contributed by atoms with Crippen molar-refractivity contribution in [1.29, 1.82) is 0 Å². The number of amides is 2. The van der Waals surface area contributed by atoms with Crippen LogP contribution in [-0.4, -0.2) is 38.0 Å². The van der Waals surface area contributed by atoms with Gasteiger partial charge in [-0.15, -0.1) is 0 Å². The zero-order valence-electron chi connectivity index (χ0n) is 16.1. The summed E-state index contributed by atoms with van der Waals surface area (Å²) in [6.45, 7) is 4.80. The number of carbonyl (C=O) groups is 2. The van der Waals surface area contributed by atoms with E-state index in [1.807, 2.05) is 63.4 Å². The van der Waals surface area contributed by atoms with Crippen molar-refractivity contribution < 1.29 is 19.2 Å². The molecule has 144 valence electrons. The van der Waals surface area contributed by atoms with Crippen LogP contribution >= 0.6 is 0 Å². The second-order valence-corrected chi connectivity index (χ2v) is 6.88. The van der Waals surface area contributed by atoms with E-state index in [1.165, 1.54) is 0 Å². The molecule has 0 spiro atoms. The molecular formula is C21H28N3O3+. The van der Waals surface area contributed by atoms with Gasteiger partial charge in [-0.2, -0.15) is 0 Å². The Morgan fingerprint density at radius 2 is 1.59 bits per heavy atom. The van der Waals surface area contributed by atoms with Crippen LogP contribution in [0.3, 0.4) is 0 Å². The number of nitrogens with one attached hydrogen (secondary N) is 3. The third-order valence-electron chi connectivity index (χ3n) is 3.76. The van der Waals surface area contributed by atoms with E-state index in [0.717, 1.165) is 16.2 Å². The fourth-order valence-corrected chi connectivity index (χ4v) is 2.56. The smallest absolute Gasteiger partial charge is 0.279 e. The number of rotatable bonds is 9. The summed E-state index contributed by atoms with van der Waals surface area (Å²) in [5, 5.41) is 5.66. The number of carbonyl (C=O) groups excluding carboxylic acids is 2. The Morgan fingerprint density at radius 1 is 0.963 bits per heavy atom. The van der Waals surface area contributed by atoms with Crippen LogP contribution in [0.25, 0.3) is 0 Å². The summed E-state index contributed by atoms with van der Waals surface area (Å²) in [6, 6.07) is 17.3. The van der Waals surface area contributed by atoms with E-state index in [2.05, 4.69) is 10.6 Å². The molecule has 0 saturated carbocycles. The maximum Gasteiger partial charge on any atom is 0.279 e. The highest BCUT2D eigenvalue weighted by molar-refractivity contribution is 5.91. The molecule has 1 unspecified atom stereocenters. The van der Waals surface area contributed by atoms with E-state index in [-0.39, 0.29) is 30.9 Å². The molecule has 6 nitrogen and oxygen atoms in total. The fourth-order valence-electron chi connectivity index (χ4n) is 2.56. The summed E-state index contributed by atoms with van der Waals surface area (Å²) in [5.41, 5.74) is 1.80. The first-order valence-electron chi connectivity index (χ1n) is 9.09. The number of likely N-dealkylation sites (N-methyl/N-ethyl adjacent to an activating group) is 1. The lowest BCUT2D eigenvalue weighted by Crippen LogP contribution is -3.11. The average molecular weight is 370 g/mol. The van der Waals surface area contributed by atoms with E-state index in [4.69, 9.17) is 4.74 Å². The number of hydrogen-bond acceptors (Lipinski definition) is 3. The number of ether oxygens (including phenoxy) is 1. The van der Waals surface area contributed by atoms with Gasteiger partial charge in [-0.3, -0.25) is 9.59 Å². The lowest BCUT2D eigenvalue weighted by molar-refractivity contribution is -0.862. The van der Waals surface area contributed by atoms with Gasteiger partial charge in [0.05, 0.1) is 7.05 Å². The van der Waals surface area contributed by atoms with Crippen LogP contribution in [-0.2, 0) is 16.2 Å². The monoisotopic (exact) mass is 370 g/mol. The molecule has 0 aliphatic carbocycles. The second kappa shape index (κ2) is 10.3. The first-order valence-corrected chi connectivity index (χ1v) is 9.09. The molecule has 2 rings (SSSR count). The highest BCUT2D eigenvalue weighted by Gasteiger charge is 2.14. The first-order chi connectivity index (χ1) is 12.9. The van der Waals surface area contributed by atoms with E-state index in [0.29, 0.717) is 12.3 Å². The van der Waals surface area contributed by atoms with Crippen molar-refractivity contribution in [3.8, 4) is 5.75 Å². The molecule has 2 aromatic carbocycles. The second-order valence-electron chi connectivity index (χ2n) is 6.88. The molecule has 0 bridgehead atoms. The number of quaternary nitrogens is 1. The number of anilines is 1. The van der Waals surface area contributed by atoms with Gasteiger partial charge in [-0.25, -0.2) is 0 Å². The van der Waals surface area contributed by atoms with Crippen LogP contribution in [0, 0.1) is 0 Å². The fraction of sp³-hybridized carbons (Fsp3) is 0.333. The molecule has 0 heterocycles. The third kappa shape index (κ3) is 7.92. The zero-order chi connectivity index (χ0) is 19.6. The molecule has 2 amide bonds. The quantitative estimate of drug-likeness (QED) is 0.622. The van der Waals surface area contributed by atoms with Gasteiger partial charge >= 0.3 is 0 Å². The molecule has 0 aliphatic heterocycles. The van der Waals surface area contributed by atoms with Crippen LogP contribution in [0.5, 0.6) is 5.75 Å². The van der Waals surface area contributed by atoms with Crippen molar-refractivity contribution in [1.82, 2.24) is 5.32 Å². The van der Waals surface area contributed by atoms with Crippen molar-refractivity contribution >= 4 is 17.5 Å². The van der Waals surface area contributed by atoms with Crippen LogP contribution in [0.2, 0.25) is 0 Å². The number of benzene rings is 2. The Morgan fingerprint density at radius 3 is 2.22 bits per heavy atom. The van der Waals surface area contributed by atoms with Crippen LogP contribution in [0.15, 0.2) is 54.6 Å². The molecule has 0 saturated heterocycles. The molecule has 1 atom stereocenters. The average Bonchev–Trinajstić information content (AvgIpc) is 2.61. The highest BCUT2D eigenvalue weighted by Crippen LogP contribution is 2.17. The molecule has 6 heteroatoms. The van der Waals surface area contributed by atoms with E-state index in [1.54, 1.807) is 12.1 Å². The van der Waals surface area contributed by atoms with Gasteiger partial charge in [0.1, 0.15) is 12.4 Å². The molecule has 27 heavy (non-hydrogen) atoms. The van der Waals surface area contributed by atoms with Crippen molar-refractivity contribution in [2.24, 2.45) is 0 Å². The third-order valence-corrected chi connectivity index (χ3v) is 3.76. The summed E-state index contributed by atoms with van der Waals surface area (Å²) >= 11 is 0. The predicted molar refractivity (Wildman–Crippen MR) is 106 cm³/mol. The summed E-state index contributed by atoms with van der Waals surface area (Å²) in [5.74, 6) is 0.544. The molecular weight excluding hydrogens is 342 g/mol. The zero-order valence-corrected chi connectivity index (χ0v) is 16.1. The Balaban J connectivity index is 1.76. The van der Waals surface area contributed by atoms with Gasteiger partial charge in [-0.1, -0.05) is 30.3 Å². The normalized spacial score (nSPS) is 11.7. The Kier molecular flexibility index (Phi) is 7.82. The topological polar surface area (TPSA) is 71.9 Å². The molecule has 0 aliphatic rings. The summed E-state index contributed by atoms with van der Waals surface area (Å²) in [4.78, 5) is 24.7. The minimum absolute atomic E-state index is 0.0600. The number of hydrogen-bond donors (Lipinski definition) is 3. The highest BCUT2D eigenvalue weighted by atomic mass is 16.5. The molecule has 0 fully saturated rings. The van der Waals surface area contributed by atoms with Gasteiger partial charge < -0.3 is 20.3 Å². The van der Waals surface area contributed by atoms with E-state index < -0.39 is 0 Å². The van der Waals surface area contributed by atoms with Crippen molar-refractivity contribution in [3.63, 3.8) is 0 Å². The lowest BCUT2D eigenvalue weighted by atomic mass is 10.2.